The van der Waals surface area contributed by atoms with Gasteiger partial charge in [0.15, 0.2) is 12.5 Å². The fraction of sp³-hybridized carbons (Fsp3) is 0.200. The third-order valence-electron chi connectivity index (χ3n) is 5.91. The summed E-state index contributed by atoms with van der Waals surface area (Å²) in [5.74, 6) is 1.50. The highest BCUT2D eigenvalue weighted by Gasteiger charge is 2.28. The zero-order valence-electron chi connectivity index (χ0n) is 16.8. The molecule has 1 saturated heterocycles. The van der Waals surface area contributed by atoms with E-state index in [4.69, 9.17) is 17.3 Å². The summed E-state index contributed by atoms with van der Waals surface area (Å²) < 4.78 is 4.85. The summed E-state index contributed by atoms with van der Waals surface area (Å²) in [4.78, 5) is 1.53. The molecule has 30 heavy (non-hydrogen) atoms. The zero-order chi connectivity index (χ0) is 20.3. The summed E-state index contributed by atoms with van der Waals surface area (Å²) in [5.41, 5.74) is 3.56. The molecule has 4 aromatic rings. The molecular formula is C25H25N4S+. The summed E-state index contributed by atoms with van der Waals surface area (Å²) >= 11 is 5.90. The lowest BCUT2D eigenvalue weighted by molar-refractivity contribution is -0.912. The number of nitrogens with one attached hydrogen (secondary N) is 1. The number of aromatic nitrogens is 3. The van der Waals surface area contributed by atoms with Crippen molar-refractivity contribution in [2.24, 2.45) is 0 Å². The summed E-state index contributed by atoms with van der Waals surface area (Å²) in [6, 6.07) is 31.4. The van der Waals surface area contributed by atoms with Crippen LogP contribution in [0, 0.1) is 4.77 Å². The number of hydrogen-bond acceptors (Lipinski definition) is 2. The Hall–Kier alpha value is -3.02. The lowest BCUT2D eigenvalue weighted by Crippen LogP contribution is -3.09. The third kappa shape index (κ3) is 3.74. The molecule has 1 aliphatic rings. The van der Waals surface area contributed by atoms with Gasteiger partial charge in [0.05, 0.1) is 13.1 Å². The number of benzene rings is 3. The SMILES string of the molecule is S=c1n(C[NH+]2CC[C@H](c3ccccc3)C2)nc(-c2ccccc2)n1-c1ccccc1. The second-order valence-corrected chi connectivity index (χ2v) is 8.27. The quantitative estimate of drug-likeness (QED) is 0.499. The number of hydrogen-bond donors (Lipinski definition) is 1. The molecule has 0 spiro atoms. The second-order valence-electron chi connectivity index (χ2n) is 7.90. The smallest absolute Gasteiger partial charge is 0.207 e. The van der Waals surface area contributed by atoms with Crippen LogP contribution in [0.5, 0.6) is 0 Å². The molecule has 1 fully saturated rings. The molecule has 150 valence electrons. The van der Waals surface area contributed by atoms with Gasteiger partial charge in [-0.1, -0.05) is 78.9 Å². The largest absolute Gasteiger partial charge is 0.316 e. The standard InChI is InChI=1S/C25H24N4S/c30-25-28(19-27-17-16-22(18-27)20-10-4-1-5-11-20)26-24(21-12-6-2-7-13-21)29(25)23-14-8-3-9-15-23/h1-15,22H,16-19H2/p+1/t22-/m0/s1. The Kier molecular flexibility index (Phi) is 5.30. The highest BCUT2D eigenvalue weighted by molar-refractivity contribution is 7.71. The second kappa shape index (κ2) is 8.38. The first-order chi connectivity index (χ1) is 14.8. The molecule has 1 aromatic heterocycles. The summed E-state index contributed by atoms with van der Waals surface area (Å²) in [7, 11) is 0. The highest BCUT2D eigenvalue weighted by Crippen LogP contribution is 2.23. The van der Waals surface area contributed by atoms with Crippen LogP contribution in [0.1, 0.15) is 17.9 Å². The summed E-state index contributed by atoms with van der Waals surface area (Å²) in [5, 5.41) is 4.97. The van der Waals surface area contributed by atoms with Crippen LogP contribution in [0.2, 0.25) is 0 Å². The number of likely N-dealkylation sites (tertiary alicyclic amines) is 1. The van der Waals surface area contributed by atoms with Gasteiger partial charge < -0.3 is 4.90 Å². The first-order valence-corrected chi connectivity index (χ1v) is 10.9. The molecule has 1 unspecified atom stereocenters. The number of nitrogens with zero attached hydrogens (tertiary/aromatic N) is 3. The van der Waals surface area contributed by atoms with E-state index in [2.05, 4.69) is 59.2 Å². The Bertz CT molecular complexity index is 1170. The maximum atomic E-state index is 5.90. The minimum Gasteiger partial charge on any atom is -0.316 e. The molecular weight excluding hydrogens is 388 g/mol. The normalized spacial score (nSPS) is 18.5. The van der Waals surface area contributed by atoms with E-state index in [1.165, 1.54) is 16.9 Å². The fourth-order valence-corrected chi connectivity index (χ4v) is 4.69. The molecule has 4 nitrogen and oxygen atoms in total. The van der Waals surface area contributed by atoms with Gasteiger partial charge in [0, 0.05) is 23.6 Å². The minimum atomic E-state index is 0.611. The lowest BCUT2D eigenvalue weighted by atomic mass is 9.99. The molecule has 2 heterocycles. The molecule has 0 saturated carbocycles. The molecule has 1 N–H and O–H groups in total. The Morgan fingerprint density at radius 1 is 0.867 bits per heavy atom. The van der Waals surface area contributed by atoms with Crippen molar-refractivity contribution in [2.45, 2.75) is 19.0 Å². The van der Waals surface area contributed by atoms with Gasteiger partial charge in [0.25, 0.3) is 0 Å². The molecule has 5 rings (SSSR count). The number of rotatable bonds is 5. The van der Waals surface area contributed by atoms with Gasteiger partial charge in [-0.05, 0) is 29.9 Å². The maximum absolute atomic E-state index is 5.90. The maximum Gasteiger partial charge on any atom is 0.207 e. The van der Waals surface area contributed by atoms with Gasteiger partial charge in [-0.15, -0.1) is 5.10 Å². The summed E-state index contributed by atoms with van der Waals surface area (Å²) in [6.45, 7) is 3.05. The van der Waals surface area contributed by atoms with Gasteiger partial charge >= 0.3 is 0 Å². The average Bonchev–Trinajstić information content (AvgIpc) is 3.41. The summed E-state index contributed by atoms with van der Waals surface area (Å²) in [6.07, 6.45) is 1.21. The van der Waals surface area contributed by atoms with Crippen LogP contribution in [-0.2, 0) is 6.67 Å². The Labute approximate surface area is 182 Å². The van der Waals surface area contributed by atoms with E-state index in [0.29, 0.717) is 5.92 Å². The highest BCUT2D eigenvalue weighted by atomic mass is 32.1. The van der Waals surface area contributed by atoms with E-state index in [1.807, 2.05) is 41.1 Å². The van der Waals surface area contributed by atoms with E-state index < -0.39 is 0 Å². The van der Waals surface area contributed by atoms with E-state index in [9.17, 15) is 0 Å². The van der Waals surface area contributed by atoms with Crippen LogP contribution in [0.3, 0.4) is 0 Å². The zero-order valence-corrected chi connectivity index (χ0v) is 17.6. The van der Waals surface area contributed by atoms with E-state index >= 15 is 0 Å². The van der Waals surface area contributed by atoms with Crippen molar-refractivity contribution >= 4 is 12.2 Å². The van der Waals surface area contributed by atoms with Gasteiger partial charge in [-0.2, -0.15) is 4.68 Å². The Morgan fingerprint density at radius 3 is 2.20 bits per heavy atom. The fourth-order valence-electron chi connectivity index (χ4n) is 4.39. The van der Waals surface area contributed by atoms with Crippen LogP contribution in [0.15, 0.2) is 91.0 Å². The molecule has 1 aliphatic heterocycles. The Morgan fingerprint density at radius 2 is 1.50 bits per heavy atom. The van der Waals surface area contributed by atoms with Crippen molar-refractivity contribution in [3.63, 3.8) is 0 Å². The molecule has 5 heteroatoms. The first-order valence-electron chi connectivity index (χ1n) is 10.5. The van der Waals surface area contributed by atoms with Gasteiger partial charge in [0.2, 0.25) is 4.77 Å². The monoisotopic (exact) mass is 413 g/mol. The van der Waals surface area contributed by atoms with Crippen LogP contribution >= 0.6 is 12.2 Å². The van der Waals surface area contributed by atoms with Crippen molar-refractivity contribution < 1.29 is 4.90 Å². The van der Waals surface area contributed by atoms with E-state index in [1.54, 1.807) is 0 Å². The molecule has 3 aromatic carbocycles. The van der Waals surface area contributed by atoms with Crippen molar-refractivity contribution in [1.29, 1.82) is 0 Å². The third-order valence-corrected chi connectivity index (χ3v) is 6.30. The van der Waals surface area contributed by atoms with Crippen LogP contribution in [-0.4, -0.2) is 27.4 Å². The predicted octanol–water partition coefficient (Wildman–Crippen LogP) is 4.10. The number of para-hydroxylation sites is 1. The van der Waals surface area contributed by atoms with E-state index in [0.717, 1.165) is 41.6 Å². The Balaban J connectivity index is 1.46. The molecule has 0 radical (unpaired) electrons. The molecule has 0 bridgehead atoms. The molecule has 2 atom stereocenters. The van der Waals surface area contributed by atoms with Crippen molar-refractivity contribution in [1.82, 2.24) is 14.3 Å². The van der Waals surface area contributed by atoms with Crippen molar-refractivity contribution in [3.05, 3.63) is 101 Å². The van der Waals surface area contributed by atoms with Gasteiger partial charge in [-0.3, -0.25) is 4.57 Å². The van der Waals surface area contributed by atoms with Crippen LogP contribution in [0.25, 0.3) is 17.1 Å². The average molecular weight is 414 g/mol. The predicted molar refractivity (Wildman–Crippen MR) is 122 cm³/mol. The topological polar surface area (TPSA) is 27.2 Å². The number of quaternary nitrogens is 1. The van der Waals surface area contributed by atoms with Gasteiger partial charge in [0.1, 0.15) is 0 Å². The van der Waals surface area contributed by atoms with E-state index in [-0.39, 0.29) is 0 Å². The first kappa shape index (κ1) is 19.0. The van der Waals surface area contributed by atoms with Crippen molar-refractivity contribution in [2.75, 3.05) is 13.1 Å². The van der Waals surface area contributed by atoms with Gasteiger partial charge in [-0.25, -0.2) is 0 Å². The lowest BCUT2D eigenvalue weighted by Gasteiger charge is -2.13. The molecule has 0 amide bonds. The van der Waals surface area contributed by atoms with Crippen LogP contribution in [0.4, 0.5) is 0 Å². The minimum absolute atomic E-state index is 0.611. The van der Waals surface area contributed by atoms with Crippen LogP contribution < -0.4 is 4.90 Å². The van der Waals surface area contributed by atoms with Crippen molar-refractivity contribution in [3.8, 4) is 17.1 Å². The molecule has 0 aliphatic carbocycles.